The number of aromatic nitrogens is 1. The van der Waals surface area contributed by atoms with Crippen LogP contribution in [0.2, 0.25) is 0 Å². The van der Waals surface area contributed by atoms with Crippen molar-refractivity contribution >= 4 is 28.5 Å². The van der Waals surface area contributed by atoms with Gasteiger partial charge in [0.2, 0.25) is 0 Å². The molecule has 156 valence electrons. The smallest absolute Gasteiger partial charge is 0.340 e. The summed E-state index contributed by atoms with van der Waals surface area (Å²) in [7, 11) is 3.22. The van der Waals surface area contributed by atoms with Crippen molar-refractivity contribution in [1.29, 1.82) is 5.26 Å². The number of carbonyl (C=O) groups excluding carboxylic acids is 1. The molecule has 6 heteroatoms. The van der Waals surface area contributed by atoms with E-state index in [9.17, 15) is 4.79 Å². The number of nitrogens with zero attached hydrogens (tertiary/aromatic N) is 2. The van der Waals surface area contributed by atoms with E-state index in [2.05, 4.69) is 6.08 Å². The van der Waals surface area contributed by atoms with Gasteiger partial charge in [0.05, 0.1) is 31.0 Å². The quantitative estimate of drug-likeness (QED) is 0.557. The Kier molecular flexibility index (Phi) is 5.85. The number of hydrogen-bond donors (Lipinski definition) is 0. The topological polar surface area (TPSA) is 81.4 Å². The number of fused-ring (bicyclic) bond motifs is 2. The predicted octanol–water partition coefficient (Wildman–Crippen LogP) is 4.81. The van der Waals surface area contributed by atoms with Gasteiger partial charge in [-0.05, 0) is 60.2 Å². The molecule has 1 aliphatic rings. The van der Waals surface area contributed by atoms with E-state index < -0.39 is 5.97 Å². The molecule has 0 saturated heterocycles. The Morgan fingerprint density at radius 1 is 1.13 bits per heavy atom. The van der Waals surface area contributed by atoms with E-state index in [1.54, 1.807) is 14.2 Å². The maximum absolute atomic E-state index is 12.9. The van der Waals surface area contributed by atoms with Crippen LogP contribution in [0.5, 0.6) is 11.5 Å². The lowest BCUT2D eigenvalue weighted by atomic mass is 9.86. The summed E-state index contributed by atoms with van der Waals surface area (Å²) in [4.78, 5) is 17.8. The molecule has 3 aromatic rings. The molecule has 0 aliphatic heterocycles. The van der Waals surface area contributed by atoms with Crippen molar-refractivity contribution in [3.05, 3.63) is 64.8 Å². The summed E-state index contributed by atoms with van der Waals surface area (Å²) in [5, 5.41) is 9.58. The molecule has 4 rings (SSSR count). The number of ether oxygens (including phenoxy) is 3. The number of carbonyl (C=O) groups is 1. The molecule has 6 nitrogen and oxygen atoms in total. The Balaban J connectivity index is 1.87. The Morgan fingerprint density at radius 3 is 2.71 bits per heavy atom. The minimum atomic E-state index is -0.483. The first-order valence-electron chi connectivity index (χ1n) is 10.0. The van der Waals surface area contributed by atoms with Crippen LogP contribution >= 0.6 is 0 Å². The van der Waals surface area contributed by atoms with E-state index >= 15 is 0 Å². The number of para-hydroxylation sites is 1. The summed E-state index contributed by atoms with van der Waals surface area (Å²) in [5.74, 6) is 0.837. The van der Waals surface area contributed by atoms with Crippen molar-refractivity contribution in [3.8, 4) is 17.6 Å². The molecule has 0 bridgehead atoms. The zero-order chi connectivity index (χ0) is 21.8. The average molecular weight is 414 g/mol. The van der Waals surface area contributed by atoms with Gasteiger partial charge in [-0.3, -0.25) is 0 Å². The molecule has 0 radical (unpaired) electrons. The van der Waals surface area contributed by atoms with Gasteiger partial charge in [0, 0.05) is 5.39 Å². The van der Waals surface area contributed by atoms with Crippen molar-refractivity contribution in [2.75, 3.05) is 20.8 Å². The molecule has 0 spiro atoms. The highest BCUT2D eigenvalue weighted by Gasteiger charge is 2.26. The summed E-state index contributed by atoms with van der Waals surface area (Å²) < 4.78 is 15.9. The Morgan fingerprint density at radius 2 is 1.94 bits per heavy atom. The van der Waals surface area contributed by atoms with Crippen LogP contribution in [0.4, 0.5) is 0 Å². The lowest BCUT2D eigenvalue weighted by Gasteiger charge is -2.22. The van der Waals surface area contributed by atoms with Gasteiger partial charge in [0.1, 0.15) is 6.07 Å². The van der Waals surface area contributed by atoms with Crippen molar-refractivity contribution in [2.45, 2.75) is 19.3 Å². The van der Waals surface area contributed by atoms with E-state index in [1.165, 1.54) is 0 Å². The summed E-state index contributed by atoms with van der Waals surface area (Å²) in [6, 6.07) is 15.2. The third-order valence-corrected chi connectivity index (χ3v) is 5.39. The van der Waals surface area contributed by atoms with Crippen molar-refractivity contribution < 1.29 is 19.0 Å². The summed E-state index contributed by atoms with van der Waals surface area (Å²) in [5.41, 5.74) is 4.93. The molecule has 0 unspecified atom stereocenters. The Hall–Kier alpha value is -3.85. The standard InChI is InChI=1S/C25H22N2O4/c1-29-21-11-10-16(15-22(21)30-2)14-17-6-5-8-19-23(25(28)31-13-12-26)18-7-3-4-9-20(18)27-24(17)19/h3-4,7,9-11,14-15H,5-6,8,13H2,1-2H3/b17-14-. The molecule has 0 atom stereocenters. The third kappa shape index (κ3) is 3.95. The predicted molar refractivity (Wildman–Crippen MR) is 118 cm³/mol. The molecule has 31 heavy (non-hydrogen) atoms. The van der Waals surface area contributed by atoms with E-state index in [1.807, 2.05) is 48.5 Å². The highest BCUT2D eigenvalue weighted by molar-refractivity contribution is 6.06. The lowest BCUT2D eigenvalue weighted by molar-refractivity contribution is 0.0556. The molecule has 0 saturated carbocycles. The third-order valence-electron chi connectivity index (χ3n) is 5.39. The monoisotopic (exact) mass is 414 g/mol. The summed E-state index contributed by atoms with van der Waals surface area (Å²) in [6.07, 6.45) is 4.55. The normalized spacial score (nSPS) is 14.0. The molecule has 0 fully saturated rings. The number of rotatable bonds is 5. The zero-order valence-corrected chi connectivity index (χ0v) is 17.5. The second-order valence-corrected chi connectivity index (χ2v) is 7.20. The van der Waals surface area contributed by atoms with Gasteiger partial charge in [0.15, 0.2) is 18.1 Å². The number of nitriles is 1. The fraction of sp³-hybridized carbons (Fsp3) is 0.240. The van der Waals surface area contributed by atoms with Gasteiger partial charge in [-0.15, -0.1) is 0 Å². The molecule has 1 heterocycles. The van der Waals surface area contributed by atoms with Gasteiger partial charge in [-0.25, -0.2) is 9.78 Å². The number of esters is 1. The van der Waals surface area contributed by atoms with Gasteiger partial charge < -0.3 is 14.2 Å². The highest BCUT2D eigenvalue weighted by Crippen LogP contribution is 2.37. The fourth-order valence-corrected chi connectivity index (χ4v) is 4.02. The van der Waals surface area contributed by atoms with Crippen LogP contribution in [-0.2, 0) is 11.2 Å². The summed E-state index contributed by atoms with van der Waals surface area (Å²) in [6.45, 7) is -0.279. The minimum Gasteiger partial charge on any atom is -0.493 e. The van der Waals surface area contributed by atoms with Crippen molar-refractivity contribution in [3.63, 3.8) is 0 Å². The molecule has 2 aromatic carbocycles. The highest BCUT2D eigenvalue weighted by atomic mass is 16.5. The van der Waals surface area contributed by atoms with Crippen LogP contribution in [0.3, 0.4) is 0 Å². The van der Waals surface area contributed by atoms with E-state index in [0.29, 0.717) is 17.1 Å². The molecular formula is C25H22N2O4. The summed E-state index contributed by atoms with van der Waals surface area (Å²) >= 11 is 0. The number of pyridine rings is 1. The maximum atomic E-state index is 12.9. The van der Waals surface area contributed by atoms with Crippen LogP contribution in [0, 0.1) is 11.3 Å². The van der Waals surface area contributed by atoms with Crippen LogP contribution in [0.1, 0.15) is 40.0 Å². The fourth-order valence-electron chi connectivity index (χ4n) is 4.02. The number of benzene rings is 2. The lowest BCUT2D eigenvalue weighted by Crippen LogP contribution is -2.15. The first-order valence-corrected chi connectivity index (χ1v) is 10.0. The van der Waals surface area contributed by atoms with Gasteiger partial charge >= 0.3 is 5.97 Å². The minimum absolute atomic E-state index is 0.279. The maximum Gasteiger partial charge on any atom is 0.340 e. The first kappa shape index (κ1) is 20.4. The molecule has 1 aliphatic carbocycles. The van der Waals surface area contributed by atoms with Gasteiger partial charge in [-0.1, -0.05) is 24.3 Å². The van der Waals surface area contributed by atoms with Crippen molar-refractivity contribution in [2.24, 2.45) is 0 Å². The van der Waals surface area contributed by atoms with Gasteiger partial charge in [0.25, 0.3) is 0 Å². The van der Waals surface area contributed by atoms with Crippen LogP contribution in [0.25, 0.3) is 22.6 Å². The number of hydrogen-bond acceptors (Lipinski definition) is 6. The molecule has 0 N–H and O–H groups in total. The average Bonchev–Trinajstić information content (AvgIpc) is 2.81. The van der Waals surface area contributed by atoms with E-state index in [0.717, 1.165) is 52.6 Å². The van der Waals surface area contributed by atoms with E-state index in [4.69, 9.17) is 24.5 Å². The SMILES string of the molecule is COc1ccc(/C=C2/CCCc3c2nc2ccccc2c3C(=O)OCC#N)cc1OC. The molecular weight excluding hydrogens is 392 g/mol. The number of methoxy groups -OCH3 is 2. The molecule has 0 amide bonds. The Bertz CT molecular complexity index is 1220. The largest absolute Gasteiger partial charge is 0.493 e. The van der Waals surface area contributed by atoms with Crippen LogP contribution in [-0.4, -0.2) is 31.8 Å². The second-order valence-electron chi connectivity index (χ2n) is 7.20. The molecule has 1 aromatic heterocycles. The van der Waals surface area contributed by atoms with Crippen LogP contribution < -0.4 is 9.47 Å². The van der Waals surface area contributed by atoms with E-state index in [-0.39, 0.29) is 6.61 Å². The second kappa shape index (κ2) is 8.88. The Labute approximate surface area is 180 Å². The number of allylic oxidation sites excluding steroid dienone is 1. The van der Waals surface area contributed by atoms with Crippen LogP contribution in [0.15, 0.2) is 42.5 Å². The first-order chi connectivity index (χ1) is 15.2. The van der Waals surface area contributed by atoms with Gasteiger partial charge in [-0.2, -0.15) is 5.26 Å². The van der Waals surface area contributed by atoms with Crippen molar-refractivity contribution in [1.82, 2.24) is 4.98 Å². The zero-order valence-electron chi connectivity index (χ0n) is 17.5.